The van der Waals surface area contributed by atoms with E-state index in [4.69, 9.17) is 11.6 Å². The van der Waals surface area contributed by atoms with E-state index in [9.17, 15) is 20.2 Å². The molecule has 9 nitrogen and oxygen atoms in total. The molecule has 1 aromatic carbocycles. The number of nitrogens with zero attached hydrogens (tertiary/aromatic N) is 5. The third-order valence-corrected chi connectivity index (χ3v) is 2.81. The van der Waals surface area contributed by atoms with Gasteiger partial charge in [-0.3, -0.25) is 20.2 Å². The Bertz CT molecular complexity index is 671. The van der Waals surface area contributed by atoms with Crippen LogP contribution in [0.25, 0.3) is 0 Å². The van der Waals surface area contributed by atoms with Crippen LogP contribution in [0.3, 0.4) is 0 Å². The molecule has 0 radical (unpaired) electrons. The summed E-state index contributed by atoms with van der Waals surface area (Å²) in [5.41, 5.74) is 0.172. The molecule has 0 aliphatic carbocycles. The van der Waals surface area contributed by atoms with E-state index in [1.165, 1.54) is 16.8 Å². The highest BCUT2D eigenvalue weighted by atomic mass is 35.5. The lowest BCUT2D eigenvalue weighted by Crippen LogP contribution is -2.04. The van der Waals surface area contributed by atoms with Crippen LogP contribution in [0, 0.1) is 20.2 Å². The Labute approximate surface area is 117 Å². The molecule has 0 saturated carbocycles. The number of non-ortho nitro benzene ring substituents is 1. The molecule has 2 rings (SSSR count). The van der Waals surface area contributed by atoms with E-state index >= 15 is 0 Å². The van der Waals surface area contributed by atoms with Gasteiger partial charge in [0, 0.05) is 6.07 Å². The lowest BCUT2D eigenvalue weighted by molar-refractivity contribution is -0.394. The first-order chi connectivity index (χ1) is 9.51. The van der Waals surface area contributed by atoms with E-state index in [-0.39, 0.29) is 23.8 Å². The molecule has 104 valence electrons. The zero-order valence-electron chi connectivity index (χ0n) is 9.97. The monoisotopic (exact) mass is 297 g/mol. The van der Waals surface area contributed by atoms with Gasteiger partial charge in [0.15, 0.2) is 0 Å². The Kier molecular flexibility index (Phi) is 3.89. The van der Waals surface area contributed by atoms with Crippen LogP contribution in [0.15, 0.2) is 24.4 Å². The largest absolute Gasteiger partial charge is 0.281 e. The zero-order valence-corrected chi connectivity index (χ0v) is 10.7. The maximum atomic E-state index is 11.0. The second-order valence-electron chi connectivity index (χ2n) is 3.87. The van der Waals surface area contributed by atoms with Gasteiger partial charge < -0.3 is 0 Å². The Morgan fingerprint density at radius 3 is 2.55 bits per heavy atom. The smallest absolute Gasteiger partial charge is 0.258 e. The maximum absolute atomic E-state index is 11.0. The van der Waals surface area contributed by atoms with Gasteiger partial charge in [0.1, 0.15) is 0 Å². The Balaban J connectivity index is 2.35. The van der Waals surface area contributed by atoms with Crippen LogP contribution in [0.5, 0.6) is 0 Å². The number of nitro benzene ring substituents is 2. The van der Waals surface area contributed by atoms with Gasteiger partial charge in [-0.05, 0) is 6.07 Å². The average Bonchev–Trinajstić information content (AvgIpc) is 2.86. The second kappa shape index (κ2) is 5.61. The van der Waals surface area contributed by atoms with Crippen molar-refractivity contribution in [2.24, 2.45) is 0 Å². The van der Waals surface area contributed by atoms with Gasteiger partial charge in [-0.15, -0.1) is 16.7 Å². The van der Waals surface area contributed by atoms with Gasteiger partial charge in [-0.2, -0.15) is 0 Å². The number of hydrogen-bond acceptors (Lipinski definition) is 6. The van der Waals surface area contributed by atoms with E-state index < -0.39 is 9.85 Å². The van der Waals surface area contributed by atoms with Crippen molar-refractivity contribution in [3.8, 4) is 0 Å². The third-order valence-electron chi connectivity index (χ3n) is 2.53. The third kappa shape index (κ3) is 2.88. The van der Waals surface area contributed by atoms with Crippen molar-refractivity contribution in [2.45, 2.75) is 12.4 Å². The molecule has 0 spiro atoms. The first kappa shape index (κ1) is 13.9. The van der Waals surface area contributed by atoms with E-state index in [0.717, 1.165) is 6.07 Å². The van der Waals surface area contributed by atoms with Crippen LogP contribution in [0.1, 0.15) is 11.3 Å². The Morgan fingerprint density at radius 2 is 2.00 bits per heavy atom. The number of aromatic nitrogens is 3. The van der Waals surface area contributed by atoms with Crippen LogP contribution < -0.4 is 0 Å². The second-order valence-corrected chi connectivity index (χ2v) is 4.14. The molecule has 0 unspecified atom stereocenters. The summed E-state index contributed by atoms with van der Waals surface area (Å²) in [4.78, 5) is 20.2. The molecule has 1 aromatic heterocycles. The minimum atomic E-state index is -0.683. The highest BCUT2D eigenvalue weighted by Crippen LogP contribution is 2.25. The standard InChI is InChI=1S/C10H8ClN5O4/c11-4-8-6-14(13-12-8)5-7-1-2-9(15(17)18)3-10(7)16(19)20/h1-3,6H,4-5H2. The van der Waals surface area contributed by atoms with Crippen LogP contribution in [-0.4, -0.2) is 24.8 Å². The highest BCUT2D eigenvalue weighted by Gasteiger charge is 2.19. The summed E-state index contributed by atoms with van der Waals surface area (Å²) in [6.45, 7) is 0.0815. The van der Waals surface area contributed by atoms with Crippen molar-refractivity contribution in [3.05, 3.63) is 55.9 Å². The van der Waals surface area contributed by atoms with Gasteiger partial charge in [0.25, 0.3) is 11.4 Å². The van der Waals surface area contributed by atoms with Gasteiger partial charge >= 0.3 is 0 Å². The predicted octanol–water partition coefficient (Wildman–Crippen LogP) is 1.88. The van der Waals surface area contributed by atoms with Crippen LogP contribution >= 0.6 is 11.6 Å². The van der Waals surface area contributed by atoms with Crippen molar-refractivity contribution in [1.82, 2.24) is 15.0 Å². The SMILES string of the molecule is O=[N+]([O-])c1ccc(Cn2cc(CCl)nn2)c([N+](=O)[O-])c1. The molecule has 0 amide bonds. The summed E-state index contributed by atoms with van der Waals surface area (Å²) >= 11 is 5.58. The number of benzene rings is 1. The Hall–Kier alpha value is -2.55. The highest BCUT2D eigenvalue weighted by molar-refractivity contribution is 6.16. The first-order valence-corrected chi connectivity index (χ1v) is 5.91. The number of hydrogen-bond donors (Lipinski definition) is 0. The lowest BCUT2D eigenvalue weighted by Gasteiger charge is -2.02. The molecule has 1 heterocycles. The quantitative estimate of drug-likeness (QED) is 0.472. The minimum Gasteiger partial charge on any atom is -0.258 e. The summed E-state index contributed by atoms with van der Waals surface area (Å²) in [6.07, 6.45) is 1.55. The molecule has 10 heteroatoms. The molecule has 0 bridgehead atoms. The van der Waals surface area contributed by atoms with Crippen LogP contribution in [-0.2, 0) is 12.4 Å². The van der Waals surface area contributed by atoms with E-state index in [0.29, 0.717) is 11.3 Å². The topological polar surface area (TPSA) is 117 Å². The summed E-state index contributed by atoms with van der Waals surface area (Å²) in [5, 5.41) is 29.1. The van der Waals surface area contributed by atoms with E-state index in [1.54, 1.807) is 6.20 Å². The molecule has 20 heavy (non-hydrogen) atoms. The molecule has 0 saturated heterocycles. The van der Waals surface area contributed by atoms with Crippen molar-refractivity contribution in [3.63, 3.8) is 0 Å². The number of nitro groups is 2. The lowest BCUT2D eigenvalue weighted by atomic mass is 10.1. The summed E-state index contributed by atoms with van der Waals surface area (Å²) in [6, 6.07) is 3.47. The van der Waals surface area contributed by atoms with Gasteiger partial charge in [0.2, 0.25) is 0 Å². The van der Waals surface area contributed by atoms with Crippen LogP contribution in [0.4, 0.5) is 11.4 Å². The predicted molar refractivity (Wildman–Crippen MR) is 68.4 cm³/mol. The maximum Gasteiger partial charge on any atom is 0.281 e. The zero-order chi connectivity index (χ0) is 14.7. The normalized spacial score (nSPS) is 10.4. The average molecular weight is 298 g/mol. The summed E-state index contributed by atoms with van der Waals surface area (Å²) in [5.74, 6) is 0.183. The van der Waals surface area contributed by atoms with Crippen molar-refractivity contribution in [1.29, 1.82) is 0 Å². The van der Waals surface area contributed by atoms with Gasteiger partial charge in [-0.25, -0.2) is 4.68 Å². The summed E-state index contributed by atoms with van der Waals surface area (Å²) in [7, 11) is 0. The number of halogens is 1. The Morgan fingerprint density at radius 1 is 1.25 bits per heavy atom. The fraction of sp³-hybridized carbons (Fsp3) is 0.200. The minimum absolute atomic E-state index is 0.0815. The number of rotatable bonds is 5. The molecular formula is C10H8ClN5O4. The fourth-order valence-corrected chi connectivity index (χ4v) is 1.74. The van der Waals surface area contributed by atoms with Crippen molar-refractivity contribution in [2.75, 3.05) is 0 Å². The number of alkyl halides is 1. The first-order valence-electron chi connectivity index (χ1n) is 5.38. The van der Waals surface area contributed by atoms with E-state index in [1.807, 2.05) is 0 Å². The van der Waals surface area contributed by atoms with Crippen molar-refractivity contribution >= 4 is 23.0 Å². The molecule has 0 aliphatic heterocycles. The molecule has 0 N–H and O–H groups in total. The fourth-order valence-electron chi connectivity index (χ4n) is 1.62. The van der Waals surface area contributed by atoms with Gasteiger partial charge in [0.05, 0.1) is 45.8 Å². The van der Waals surface area contributed by atoms with Crippen LogP contribution in [0.2, 0.25) is 0 Å². The molecule has 0 atom stereocenters. The molecule has 2 aromatic rings. The molecule has 0 fully saturated rings. The van der Waals surface area contributed by atoms with Crippen molar-refractivity contribution < 1.29 is 9.85 Å². The van der Waals surface area contributed by atoms with Gasteiger partial charge in [-0.1, -0.05) is 5.21 Å². The summed E-state index contributed by atoms with van der Waals surface area (Å²) < 4.78 is 1.38. The molecular weight excluding hydrogens is 290 g/mol. The molecule has 0 aliphatic rings. The van der Waals surface area contributed by atoms with E-state index in [2.05, 4.69) is 10.3 Å².